The summed E-state index contributed by atoms with van der Waals surface area (Å²) in [5, 5.41) is 1.78. The molecule has 1 fully saturated rings. The van der Waals surface area contributed by atoms with Gasteiger partial charge in [0, 0.05) is 32.0 Å². The van der Waals surface area contributed by atoms with E-state index in [1.165, 1.54) is 11.3 Å². The Hall–Kier alpha value is -1.22. The molecule has 0 bridgehead atoms. The first kappa shape index (κ1) is 13.7. The first-order valence-electron chi connectivity index (χ1n) is 6.32. The van der Waals surface area contributed by atoms with Crippen molar-refractivity contribution in [3.05, 3.63) is 35.7 Å². The number of hydrogen-bond acceptors (Lipinski definition) is 5. The third-order valence-electron chi connectivity index (χ3n) is 3.53. The third-order valence-corrected chi connectivity index (χ3v) is 6.77. The van der Waals surface area contributed by atoms with Gasteiger partial charge in [-0.25, -0.2) is 13.4 Å². The van der Waals surface area contributed by atoms with Crippen LogP contribution in [0.2, 0.25) is 0 Å². The van der Waals surface area contributed by atoms with Crippen LogP contribution in [0.1, 0.15) is 11.9 Å². The molecule has 20 heavy (non-hydrogen) atoms. The lowest BCUT2D eigenvalue weighted by atomic mass is 10.2. The zero-order valence-corrected chi connectivity index (χ0v) is 12.7. The second-order valence-corrected chi connectivity index (χ2v) is 7.88. The summed E-state index contributed by atoms with van der Waals surface area (Å²) in [7, 11) is -1.39. The SMILES string of the molecule is CN1CCN(S(=O)(=O)c2cccs2)CC1c1ncc[nH]1. The Bertz CT molecular complexity index is 652. The molecule has 1 atom stereocenters. The van der Waals surface area contributed by atoms with Gasteiger partial charge < -0.3 is 4.98 Å². The van der Waals surface area contributed by atoms with Crippen molar-refractivity contribution in [1.29, 1.82) is 0 Å². The number of nitrogens with one attached hydrogen (secondary N) is 1. The molecule has 3 rings (SSSR count). The van der Waals surface area contributed by atoms with E-state index < -0.39 is 10.0 Å². The number of hydrogen-bond donors (Lipinski definition) is 1. The van der Waals surface area contributed by atoms with Crippen LogP contribution in [0, 0.1) is 0 Å². The van der Waals surface area contributed by atoms with Gasteiger partial charge >= 0.3 is 0 Å². The number of aromatic amines is 1. The largest absolute Gasteiger partial charge is 0.347 e. The molecule has 6 nitrogen and oxygen atoms in total. The quantitative estimate of drug-likeness (QED) is 0.923. The molecule has 1 N–H and O–H groups in total. The van der Waals surface area contributed by atoms with Gasteiger partial charge in [0.1, 0.15) is 10.0 Å². The predicted octanol–water partition coefficient (Wildman–Crippen LogP) is 1.15. The number of aromatic nitrogens is 2. The van der Waals surface area contributed by atoms with E-state index >= 15 is 0 Å². The summed E-state index contributed by atoms with van der Waals surface area (Å²) in [5.41, 5.74) is 0. The molecule has 0 radical (unpaired) electrons. The molecule has 1 aliphatic heterocycles. The van der Waals surface area contributed by atoms with Crippen LogP contribution in [0.25, 0.3) is 0 Å². The van der Waals surface area contributed by atoms with E-state index in [9.17, 15) is 8.42 Å². The van der Waals surface area contributed by atoms with Crippen molar-refractivity contribution >= 4 is 21.4 Å². The number of rotatable bonds is 3. The van der Waals surface area contributed by atoms with E-state index in [2.05, 4.69) is 14.9 Å². The molecule has 8 heteroatoms. The maximum absolute atomic E-state index is 12.6. The molecule has 3 heterocycles. The third kappa shape index (κ3) is 2.39. The summed E-state index contributed by atoms with van der Waals surface area (Å²) in [6.45, 7) is 1.62. The van der Waals surface area contributed by atoms with Gasteiger partial charge in [-0.05, 0) is 18.5 Å². The van der Waals surface area contributed by atoms with Crippen molar-refractivity contribution < 1.29 is 8.42 Å². The van der Waals surface area contributed by atoms with Gasteiger partial charge in [-0.15, -0.1) is 11.3 Å². The van der Waals surface area contributed by atoms with Gasteiger partial charge in [-0.3, -0.25) is 4.90 Å². The molecule has 0 aromatic carbocycles. The molecule has 2 aromatic rings. The molecular weight excluding hydrogens is 296 g/mol. The van der Waals surface area contributed by atoms with E-state index in [-0.39, 0.29) is 6.04 Å². The lowest BCUT2D eigenvalue weighted by Gasteiger charge is -2.37. The summed E-state index contributed by atoms with van der Waals surface area (Å²) >= 11 is 1.26. The standard InChI is InChI=1S/C12H16N4O2S2/c1-15-6-7-16(9-10(15)12-13-4-5-14-12)20(17,18)11-3-2-8-19-11/h2-5,8,10H,6-7,9H2,1H3,(H,13,14). The van der Waals surface area contributed by atoms with Crippen LogP contribution in [0.3, 0.4) is 0 Å². The van der Waals surface area contributed by atoms with Crippen LogP contribution in [-0.4, -0.2) is 54.3 Å². The molecule has 2 aromatic heterocycles. The highest BCUT2D eigenvalue weighted by Crippen LogP contribution is 2.27. The van der Waals surface area contributed by atoms with E-state index in [0.717, 1.165) is 5.82 Å². The highest BCUT2D eigenvalue weighted by molar-refractivity contribution is 7.91. The summed E-state index contributed by atoms with van der Waals surface area (Å²) in [6.07, 6.45) is 3.45. The summed E-state index contributed by atoms with van der Waals surface area (Å²) < 4.78 is 27.1. The molecule has 0 aliphatic carbocycles. The Kier molecular flexibility index (Phi) is 3.63. The Morgan fingerprint density at radius 3 is 2.95 bits per heavy atom. The van der Waals surface area contributed by atoms with Crippen LogP contribution < -0.4 is 0 Å². The fraction of sp³-hybridized carbons (Fsp3) is 0.417. The maximum Gasteiger partial charge on any atom is 0.252 e. The van der Waals surface area contributed by atoms with Crippen molar-refractivity contribution in [3.8, 4) is 0 Å². The second-order valence-electron chi connectivity index (χ2n) is 4.77. The number of nitrogens with zero attached hydrogens (tertiary/aromatic N) is 3. The van der Waals surface area contributed by atoms with Gasteiger partial charge in [0.2, 0.25) is 0 Å². The maximum atomic E-state index is 12.6. The fourth-order valence-corrected chi connectivity index (χ4v) is 4.94. The Morgan fingerprint density at radius 2 is 2.30 bits per heavy atom. The van der Waals surface area contributed by atoms with Crippen molar-refractivity contribution in [1.82, 2.24) is 19.2 Å². The minimum absolute atomic E-state index is 0.0338. The zero-order chi connectivity index (χ0) is 14.2. The second kappa shape index (κ2) is 5.28. The number of sulfonamides is 1. The summed E-state index contributed by atoms with van der Waals surface area (Å²) in [6, 6.07) is 3.38. The van der Waals surface area contributed by atoms with Crippen LogP contribution in [0.4, 0.5) is 0 Å². The van der Waals surface area contributed by atoms with Gasteiger partial charge in [0.15, 0.2) is 0 Å². The van der Waals surface area contributed by atoms with Crippen LogP contribution in [-0.2, 0) is 10.0 Å². The smallest absolute Gasteiger partial charge is 0.252 e. The predicted molar refractivity (Wildman–Crippen MR) is 77.0 cm³/mol. The Balaban J connectivity index is 1.86. The number of piperazine rings is 1. The topological polar surface area (TPSA) is 69.3 Å². The monoisotopic (exact) mass is 312 g/mol. The normalized spacial score (nSPS) is 22.1. The van der Waals surface area contributed by atoms with Gasteiger partial charge in [0.25, 0.3) is 10.0 Å². The molecule has 1 saturated heterocycles. The Morgan fingerprint density at radius 1 is 1.45 bits per heavy atom. The average molecular weight is 312 g/mol. The molecule has 108 valence electrons. The number of H-pyrrole nitrogens is 1. The van der Waals surface area contributed by atoms with E-state index in [1.807, 2.05) is 7.05 Å². The zero-order valence-electron chi connectivity index (χ0n) is 11.1. The van der Waals surface area contributed by atoms with Crippen molar-refractivity contribution in [2.75, 3.05) is 26.7 Å². The van der Waals surface area contributed by atoms with Crippen molar-refractivity contribution in [3.63, 3.8) is 0 Å². The van der Waals surface area contributed by atoms with Crippen LogP contribution in [0.5, 0.6) is 0 Å². The van der Waals surface area contributed by atoms with Crippen LogP contribution >= 0.6 is 11.3 Å². The molecule has 0 saturated carbocycles. The lowest BCUT2D eigenvalue weighted by molar-refractivity contribution is 0.143. The van der Waals surface area contributed by atoms with E-state index in [0.29, 0.717) is 23.8 Å². The Labute approximate surface area is 122 Å². The van der Waals surface area contributed by atoms with Gasteiger partial charge in [-0.2, -0.15) is 4.31 Å². The highest BCUT2D eigenvalue weighted by Gasteiger charge is 2.34. The highest BCUT2D eigenvalue weighted by atomic mass is 32.2. The number of likely N-dealkylation sites (N-methyl/N-ethyl adjacent to an activating group) is 1. The lowest BCUT2D eigenvalue weighted by Crippen LogP contribution is -2.49. The molecule has 0 spiro atoms. The summed E-state index contributed by atoms with van der Waals surface area (Å²) in [5.74, 6) is 0.804. The summed E-state index contributed by atoms with van der Waals surface area (Å²) in [4.78, 5) is 9.45. The molecule has 1 aliphatic rings. The number of imidazole rings is 1. The first-order chi connectivity index (χ1) is 9.59. The molecule has 0 amide bonds. The average Bonchev–Trinajstić information content (AvgIpc) is 3.12. The number of thiophene rings is 1. The van der Waals surface area contributed by atoms with Crippen LogP contribution in [0.15, 0.2) is 34.1 Å². The minimum Gasteiger partial charge on any atom is -0.347 e. The van der Waals surface area contributed by atoms with Crippen molar-refractivity contribution in [2.45, 2.75) is 10.3 Å². The first-order valence-corrected chi connectivity index (χ1v) is 8.64. The van der Waals surface area contributed by atoms with E-state index in [4.69, 9.17) is 0 Å². The molecule has 1 unspecified atom stereocenters. The van der Waals surface area contributed by atoms with Gasteiger partial charge in [0.05, 0.1) is 6.04 Å². The molecular formula is C12H16N4O2S2. The van der Waals surface area contributed by atoms with E-state index in [1.54, 1.807) is 34.2 Å². The fourth-order valence-electron chi connectivity index (χ4n) is 2.36. The minimum atomic E-state index is -3.38. The van der Waals surface area contributed by atoms with Crippen molar-refractivity contribution in [2.24, 2.45) is 0 Å². The van der Waals surface area contributed by atoms with Gasteiger partial charge in [-0.1, -0.05) is 6.07 Å².